The lowest BCUT2D eigenvalue weighted by Gasteiger charge is -2.40. The van der Waals surface area contributed by atoms with Crippen LogP contribution in [0, 0.1) is 5.92 Å². The van der Waals surface area contributed by atoms with Crippen molar-refractivity contribution in [2.75, 3.05) is 39.3 Å². The first kappa shape index (κ1) is 17.9. The highest BCUT2D eigenvalue weighted by Gasteiger charge is 2.29. The molecule has 0 bridgehead atoms. The number of amides is 1. The van der Waals surface area contributed by atoms with Crippen molar-refractivity contribution in [3.05, 3.63) is 22.4 Å². The molecule has 0 atom stereocenters. The van der Waals surface area contributed by atoms with Gasteiger partial charge >= 0.3 is 0 Å². The molecule has 2 aliphatic rings. The average Bonchev–Trinajstić information content (AvgIpc) is 3.16. The van der Waals surface area contributed by atoms with Gasteiger partial charge in [-0.05, 0) is 62.6 Å². The van der Waals surface area contributed by atoms with E-state index in [4.69, 9.17) is 0 Å². The molecule has 2 aliphatic heterocycles. The van der Waals surface area contributed by atoms with E-state index in [1.54, 1.807) is 11.3 Å². The molecule has 0 aromatic carbocycles. The van der Waals surface area contributed by atoms with Gasteiger partial charge in [-0.1, -0.05) is 13.0 Å². The molecule has 2 saturated heterocycles. The lowest BCUT2D eigenvalue weighted by Crippen LogP contribution is -2.48. The van der Waals surface area contributed by atoms with Gasteiger partial charge in [0.25, 0.3) is 5.91 Å². The monoisotopic (exact) mass is 349 g/mol. The first-order valence-corrected chi connectivity index (χ1v) is 10.4. The highest BCUT2D eigenvalue weighted by Crippen LogP contribution is 2.23. The summed E-state index contributed by atoms with van der Waals surface area (Å²) >= 11 is 1.57. The molecule has 134 valence electrons. The summed E-state index contributed by atoms with van der Waals surface area (Å²) in [5, 5.41) is 5.45. The molecule has 0 aliphatic carbocycles. The topological polar surface area (TPSA) is 35.6 Å². The van der Waals surface area contributed by atoms with Crippen LogP contribution in [0.5, 0.6) is 0 Å². The Balaban J connectivity index is 1.52. The first-order valence-electron chi connectivity index (χ1n) is 9.55. The van der Waals surface area contributed by atoms with Gasteiger partial charge in [0, 0.05) is 32.2 Å². The number of carbonyl (C=O) groups excluding carboxylic acids is 1. The number of thiophene rings is 1. The van der Waals surface area contributed by atoms with Crippen LogP contribution in [-0.4, -0.2) is 61.0 Å². The van der Waals surface area contributed by atoms with Gasteiger partial charge in [0.15, 0.2) is 0 Å². The summed E-state index contributed by atoms with van der Waals surface area (Å²) in [4.78, 5) is 18.5. The van der Waals surface area contributed by atoms with Crippen molar-refractivity contribution in [3.63, 3.8) is 0 Å². The Kier molecular flexibility index (Phi) is 6.69. The van der Waals surface area contributed by atoms with Gasteiger partial charge < -0.3 is 15.1 Å². The lowest BCUT2D eigenvalue weighted by molar-refractivity contribution is 0.0555. The number of likely N-dealkylation sites (tertiary alicyclic amines) is 1. The largest absolute Gasteiger partial charge is 0.335 e. The average molecular weight is 350 g/mol. The molecule has 1 aromatic rings. The summed E-state index contributed by atoms with van der Waals surface area (Å²) in [6, 6.07) is 4.36. The van der Waals surface area contributed by atoms with Crippen LogP contribution in [-0.2, 0) is 0 Å². The zero-order valence-corrected chi connectivity index (χ0v) is 15.7. The van der Waals surface area contributed by atoms with Crippen LogP contribution in [0.4, 0.5) is 0 Å². The van der Waals surface area contributed by atoms with Crippen molar-refractivity contribution in [2.45, 2.75) is 45.1 Å². The van der Waals surface area contributed by atoms with Crippen LogP contribution in [0.2, 0.25) is 0 Å². The van der Waals surface area contributed by atoms with Crippen LogP contribution in [0.15, 0.2) is 17.5 Å². The second kappa shape index (κ2) is 8.97. The van der Waals surface area contributed by atoms with E-state index in [-0.39, 0.29) is 5.91 Å². The number of piperidine rings is 2. The predicted octanol–water partition coefficient (Wildman–Crippen LogP) is 3.06. The van der Waals surface area contributed by atoms with Gasteiger partial charge in [0.1, 0.15) is 0 Å². The summed E-state index contributed by atoms with van der Waals surface area (Å²) < 4.78 is 0. The minimum Gasteiger partial charge on any atom is -0.335 e. The van der Waals surface area contributed by atoms with Crippen molar-refractivity contribution in [3.8, 4) is 0 Å². The maximum atomic E-state index is 12.8. The van der Waals surface area contributed by atoms with Crippen molar-refractivity contribution < 1.29 is 4.79 Å². The summed E-state index contributed by atoms with van der Waals surface area (Å²) in [5.74, 6) is 1.10. The van der Waals surface area contributed by atoms with Crippen molar-refractivity contribution in [2.24, 2.45) is 5.92 Å². The SMILES string of the molecule is CCCN(C(=O)c1cccs1)C1CCN(CC2CCNCC2)CC1. The molecule has 1 amide bonds. The van der Waals surface area contributed by atoms with E-state index in [2.05, 4.69) is 22.0 Å². The molecule has 5 heteroatoms. The highest BCUT2D eigenvalue weighted by molar-refractivity contribution is 7.12. The highest BCUT2D eigenvalue weighted by atomic mass is 32.1. The summed E-state index contributed by atoms with van der Waals surface area (Å²) in [6.07, 6.45) is 5.92. The predicted molar refractivity (Wildman–Crippen MR) is 101 cm³/mol. The molecule has 3 heterocycles. The fourth-order valence-corrected chi connectivity index (χ4v) is 4.75. The second-order valence-corrected chi connectivity index (χ2v) is 8.15. The summed E-state index contributed by atoms with van der Waals surface area (Å²) in [7, 11) is 0. The van der Waals surface area contributed by atoms with E-state index < -0.39 is 0 Å². The van der Waals surface area contributed by atoms with Gasteiger partial charge in [-0.15, -0.1) is 11.3 Å². The Morgan fingerprint density at radius 1 is 1.29 bits per heavy atom. The Bertz CT molecular complexity index is 491. The van der Waals surface area contributed by atoms with Gasteiger partial charge in [-0.3, -0.25) is 4.79 Å². The van der Waals surface area contributed by atoms with E-state index >= 15 is 0 Å². The molecule has 0 unspecified atom stereocenters. The molecule has 24 heavy (non-hydrogen) atoms. The van der Waals surface area contributed by atoms with Gasteiger partial charge in [-0.25, -0.2) is 0 Å². The molecule has 2 fully saturated rings. The smallest absolute Gasteiger partial charge is 0.264 e. The third kappa shape index (κ3) is 4.58. The van der Waals surface area contributed by atoms with E-state index in [1.165, 1.54) is 32.5 Å². The first-order chi connectivity index (χ1) is 11.8. The van der Waals surface area contributed by atoms with Crippen LogP contribution in [0.1, 0.15) is 48.7 Å². The van der Waals surface area contributed by atoms with Crippen molar-refractivity contribution in [1.82, 2.24) is 15.1 Å². The molecule has 3 rings (SSSR count). The quantitative estimate of drug-likeness (QED) is 0.857. The van der Waals surface area contributed by atoms with Gasteiger partial charge in [0.05, 0.1) is 4.88 Å². The fourth-order valence-electron chi connectivity index (χ4n) is 4.08. The molecule has 4 nitrogen and oxygen atoms in total. The Morgan fingerprint density at radius 2 is 2.04 bits per heavy atom. The zero-order chi connectivity index (χ0) is 16.8. The van der Waals surface area contributed by atoms with Crippen LogP contribution >= 0.6 is 11.3 Å². The van der Waals surface area contributed by atoms with Crippen LogP contribution in [0.3, 0.4) is 0 Å². The Morgan fingerprint density at radius 3 is 2.67 bits per heavy atom. The van der Waals surface area contributed by atoms with Crippen molar-refractivity contribution in [1.29, 1.82) is 0 Å². The van der Waals surface area contributed by atoms with Crippen LogP contribution < -0.4 is 5.32 Å². The Hall–Kier alpha value is -0.910. The normalized spacial score (nSPS) is 21.0. The third-order valence-corrected chi connectivity index (χ3v) is 6.29. The van der Waals surface area contributed by atoms with Crippen LogP contribution in [0.25, 0.3) is 0 Å². The molecular weight excluding hydrogens is 318 g/mol. The molecular formula is C19H31N3OS. The second-order valence-electron chi connectivity index (χ2n) is 7.20. The number of carbonyl (C=O) groups is 1. The fraction of sp³-hybridized carbons (Fsp3) is 0.737. The van der Waals surface area contributed by atoms with Crippen molar-refractivity contribution >= 4 is 17.2 Å². The van der Waals surface area contributed by atoms with E-state index in [0.29, 0.717) is 6.04 Å². The van der Waals surface area contributed by atoms with E-state index in [0.717, 1.165) is 49.7 Å². The molecule has 0 spiro atoms. The summed E-state index contributed by atoms with van der Waals surface area (Å²) in [5.41, 5.74) is 0. The molecule has 0 saturated carbocycles. The van der Waals surface area contributed by atoms with E-state index in [9.17, 15) is 4.79 Å². The number of rotatable bonds is 6. The van der Waals surface area contributed by atoms with Gasteiger partial charge in [-0.2, -0.15) is 0 Å². The third-order valence-electron chi connectivity index (χ3n) is 5.43. The molecule has 1 N–H and O–H groups in total. The Labute approximate surface area is 150 Å². The number of hydrogen-bond acceptors (Lipinski definition) is 4. The standard InChI is InChI=1S/C19H31N3OS/c1-2-11-22(19(23)18-4-3-14-24-18)17-7-12-21(13-8-17)15-16-5-9-20-10-6-16/h3-4,14,16-17,20H,2,5-13,15H2,1H3. The minimum atomic E-state index is 0.239. The number of hydrogen-bond donors (Lipinski definition) is 1. The molecule has 1 aromatic heterocycles. The maximum absolute atomic E-state index is 12.8. The lowest BCUT2D eigenvalue weighted by atomic mass is 9.95. The maximum Gasteiger partial charge on any atom is 0.264 e. The zero-order valence-electron chi connectivity index (χ0n) is 14.9. The van der Waals surface area contributed by atoms with E-state index in [1.807, 2.05) is 17.5 Å². The van der Waals surface area contributed by atoms with Gasteiger partial charge in [0.2, 0.25) is 0 Å². The number of nitrogens with zero attached hydrogens (tertiary/aromatic N) is 2. The number of nitrogens with one attached hydrogen (secondary N) is 1. The summed E-state index contributed by atoms with van der Waals surface area (Å²) in [6.45, 7) is 8.96. The molecule has 0 radical (unpaired) electrons. The minimum absolute atomic E-state index is 0.239.